The molecule has 1 amide bonds. The molecule has 1 aliphatic heterocycles. The smallest absolute Gasteiger partial charge is 0.265 e. The molecule has 0 radical (unpaired) electrons. The summed E-state index contributed by atoms with van der Waals surface area (Å²) >= 11 is 0. The fourth-order valence-corrected chi connectivity index (χ4v) is 3.79. The van der Waals surface area contributed by atoms with E-state index in [1.165, 1.54) is 20.2 Å². The summed E-state index contributed by atoms with van der Waals surface area (Å²) in [5, 5.41) is 0. The highest BCUT2D eigenvalue weighted by molar-refractivity contribution is 7.89. The molecule has 0 bridgehead atoms. The molecule has 2 aromatic carbocycles. The number of amides is 1. The number of benzene rings is 2. The van der Waals surface area contributed by atoms with Crippen LogP contribution in [-0.4, -0.2) is 52.5 Å². The van der Waals surface area contributed by atoms with Crippen LogP contribution in [0.25, 0.3) is 0 Å². The van der Waals surface area contributed by atoms with E-state index in [1.54, 1.807) is 24.0 Å². The van der Waals surface area contributed by atoms with E-state index >= 15 is 0 Å². The molecule has 0 aromatic heterocycles. The number of ether oxygens (including phenoxy) is 2. The molecule has 144 valence electrons. The van der Waals surface area contributed by atoms with Crippen LogP contribution in [0, 0.1) is 6.92 Å². The summed E-state index contributed by atoms with van der Waals surface area (Å²) in [7, 11) is -0.549. The molecule has 1 aliphatic rings. The molecule has 7 nitrogen and oxygen atoms in total. The Balaban J connectivity index is 1.72. The molecule has 0 saturated heterocycles. The zero-order chi connectivity index (χ0) is 19.6. The molecule has 0 atom stereocenters. The standard InChI is InChI=1S/C19H22N2O5S/c1-14-12-15(27(23,24)20(2)3)8-9-17(14)26-13-19(22)21-10-11-25-18-7-5-4-6-16(18)21/h4-9,12H,10-11,13H2,1-3H3. The van der Waals surface area contributed by atoms with Crippen molar-refractivity contribution in [2.75, 3.05) is 38.8 Å². The van der Waals surface area contributed by atoms with Gasteiger partial charge in [0.05, 0.1) is 17.1 Å². The first kappa shape index (κ1) is 19.2. The van der Waals surface area contributed by atoms with Gasteiger partial charge in [0.1, 0.15) is 18.1 Å². The first-order valence-electron chi connectivity index (χ1n) is 8.49. The topological polar surface area (TPSA) is 76.2 Å². The molecular weight excluding hydrogens is 368 g/mol. The lowest BCUT2D eigenvalue weighted by Gasteiger charge is -2.29. The Bertz CT molecular complexity index is 956. The molecule has 3 rings (SSSR count). The van der Waals surface area contributed by atoms with Crippen molar-refractivity contribution in [1.29, 1.82) is 0 Å². The number of sulfonamides is 1. The second kappa shape index (κ2) is 7.58. The normalized spacial score (nSPS) is 13.9. The van der Waals surface area contributed by atoms with Crippen molar-refractivity contribution in [3.05, 3.63) is 48.0 Å². The van der Waals surface area contributed by atoms with Crippen molar-refractivity contribution in [2.45, 2.75) is 11.8 Å². The van der Waals surface area contributed by atoms with Gasteiger partial charge in [-0.1, -0.05) is 12.1 Å². The number of fused-ring (bicyclic) bond motifs is 1. The zero-order valence-corrected chi connectivity index (χ0v) is 16.3. The minimum absolute atomic E-state index is 0.144. The number of anilines is 1. The summed E-state index contributed by atoms with van der Waals surface area (Å²) in [6.07, 6.45) is 0. The highest BCUT2D eigenvalue weighted by Crippen LogP contribution is 2.31. The zero-order valence-electron chi connectivity index (χ0n) is 15.5. The van der Waals surface area contributed by atoms with Gasteiger partial charge in [-0.15, -0.1) is 0 Å². The monoisotopic (exact) mass is 390 g/mol. The van der Waals surface area contributed by atoms with Gasteiger partial charge in [-0.3, -0.25) is 4.79 Å². The van der Waals surface area contributed by atoms with Crippen molar-refractivity contribution >= 4 is 21.6 Å². The van der Waals surface area contributed by atoms with Crippen LogP contribution in [0.1, 0.15) is 5.56 Å². The molecule has 0 fully saturated rings. The van der Waals surface area contributed by atoms with Crippen molar-refractivity contribution < 1.29 is 22.7 Å². The van der Waals surface area contributed by atoms with Gasteiger partial charge in [-0.05, 0) is 42.8 Å². The van der Waals surface area contributed by atoms with Crippen LogP contribution in [0.15, 0.2) is 47.4 Å². The minimum Gasteiger partial charge on any atom is -0.490 e. The number of nitrogens with zero attached hydrogens (tertiary/aromatic N) is 2. The molecule has 0 unspecified atom stereocenters. The first-order chi connectivity index (χ1) is 12.8. The highest BCUT2D eigenvalue weighted by atomic mass is 32.2. The average molecular weight is 390 g/mol. The van der Waals surface area contributed by atoms with E-state index in [-0.39, 0.29) is 17.4 Å². The number of rotatable bonds is 5. The van der Waals surface area contributed by atoms with E-state index in [0.717, 1.165) is 9.99 Å². The maximum Gasteiger partial charge on any atom is 0.265 e. The number of hydrogen-bond donors (Lipinski definition) is 0. The summed E-state index contributed by atoms with van der Waals surface area (Å²) in [4.78, 5) is 14.4. The maximum absolute atomic E-state index is 12.6. The fourth-order valence-electron chi connectivity index (χ4n) is 2.80. The Kier molecular flexibility index (Phi) is 5.38. The van der Waals surface area contributed by atoms with Crippen molar-refractivity contribution in [1.82, 2.24) is 4.31 Å². The molecular formula is C19H22N2O5S. The summed E-state index contributed by atoms with van der Waals surface area (Å²) in [6, 6.07) is 12.0. The molecule has 0 saturated carbocycles. The molecule has 27 heavy (non-hydrogen) atoms. The quantitative estimate of drug-likeness (QED) is 0.781. The average Bonchev–Trinajstić information content (AvgIpc) is 2.66. The molecule has 2 aromatic rings. The van der Waals surface area contributed by atoms with Crippen molar-refractivity contribution in [3.8, 4) is 11.5 Å². The van der Waals surface area contributed by atoms with Gasteiger partial charge in [0.15, 0.2) is 6.61 Å². The van der Waals surface area contributed by atoms with Crippen molar-refractivity contribution in [3.63, 3.8) is 0 Å². The van der Waals surface area contributed by atoms with Gasteiger partial charge in [0, 0.05) is 14.1 Å². The second-order valence-electron chi connectivity index (χ2n) is 6.36. The third-order valence-electron chi connectivity index (χ3n) is 4.31. The Labute approximate surface area is 159 Å². The Morgan fingerprint density at radius 1 is 1.22 bits per heavy atom. The maximum atomic E-state index is 12.6. The predicted octanol–water partition coefficient (Wildman–Crippen LogP) is 2.05. The number of carbonyl (C=O) groups is 1. The third-order valence-corrected chi connectivity index (χ3v) is 6.12. The fraction of sp³-hybridized carbons (Fsp3) is 0.316. The number of para-hydroxylation sites is 2. The second-order valence-corrected chi connectivity index (χ2v) is 8.52. The predicted molar refractivity (Wildman–Crippen MR) is 102 cm³/mol. The van der Waals surface area contributed by atoms with Gasteiger partial charge in [0.25, 0.3) is 5.91 Å². The Hall–Kier alpha value is -2.58. The lowest BCUT2D eigenvalue weighted by Crippen LogP contribution is -2.40. The van der Waals surface area contributed by atoms with Crippen LogP contribution in [0.5, 0.6) is 11.5 Å². The van der Waals surface area contributed by atoms with Crippen LogP contribution in [0.2, 0.25) is 0 Å². The number of carbonyl (C=O) groups excluding carboxylic acids is 1. The first-order valence-corrected chi connectivity index (χ1v) is 9.93. The van der Waals surface area contributed by atoms with E-state index in [9.17, 15) is 13.2 Å². The number of aryl methyl sites for hydroxylation is 1. The van der Waals surface area contributed by atoms with Gasteiger partial charge in [-0.2, -0.15) is 0 Å². The van der Waals surface area contributed by atoms with Crippen molar-refractivity contribution in [2.24, 2.45) is 0 Å². The molecule has 8 heteroatoms. The minimum atomic E-state index is -3.51. The van der Waals surface area contributed by atoms with Crippen LogP contribution < -0.4 is 14.4 Å². The third kappa shape index (κ3) is 3.91. The molecule has 0 N–H and O–H groups in total. The molecule has 1 heterocycles. The lowest BCUT2D eigenvalue weighted by molar-refractivity contribution is -0.120. The van der Waals surface area contributed by atoms with E-state index in [4.69, 9.17) is 9.47 Å². The van der Waals surface area contributed by atoms with E-state index in [2.05, 4.69) is 0 Å². The summed E-state index contributed by atoms with van der Waals surface area (Å²) < 4.78 is 36.8. The van der Waals surface area contributed by atoms with Gasteiger partial charge < -0.3 is 14.4 Å². The molecule has 0 aliphatic carbocycles. The number of hydrogen-bond acceptors (Lipinski definition) is 5. The van der Waals surface area contributed by atoms with Crippen LogP contribution >= 0.6 is 0 Å². The highest BCUT2D eigenvalue weighted by Gasteiger charge is 2.24. The summed E-state index contributed by atoms with van der Waals surface area (Å²) in [6.45, 7) is 2.49. The molecule has 0 spiro atoms. The van der Waals surface area contributed by atoms with Crippen LogP contribution in [-0.2, 0) is 14.8 Å². The lowest BCUT2D eigenvalue weighted by atomic mass is 10.2. The van der Waals surface area contributed by atoms with Crippen LogP contribution in [0.3, 0.4) is 0 Å². The van der Waals surface area contributed by atoms with E-state index in [0.29, 0.717) is 30.2 Å². The Morgan fingerprint density at radius 2 is 1.96 bits per heavy atom. The largest absolute Gasteiger partial charge is 0.490 e. The SMILES string of the molecule is Cc1cc(S(=O)(=O)N(C)C)ccc1OCC(=O)N1CCOc2ccccc21. The van der Waals surface area contributed by atoms with E-state index in [1.807, 2.05) is 24.3 Å². The van der Waals surface area contributed by atoms with Gasteiger partial charge in [0.2, 0.25) is 10.0 Å². The van der Waals surface area contributed by atoms with Crippen LogP contribution in [0.4, 0.5) is 5.69 Å². The Morgan fingerprint density at radius 3 is 2.67 bits per heavy atom. The summed E-state index contributed by atoms with van der Waals surface area (Å²) in [5.41, 5.74) is 1.37. The summed E-state index contributed by atoms with van der Waals surface area (Å²) in [5.74, 6) is 0.962. The van der Waals surface area contributed by atoms with Gasteiger partial charge in [-0.25, -0.2) is 12.7 Å². The van der Waals surface area contributed by atoms with E-state index < -0.39 is 10.0 Å². The van der Waals surface area contributed by atoms with Gasteiger partial charge >= 0.3 is 0 Å².